The Morgan fingerprint density at radius 1 is 1.13 bits per heavy atom. The topological polar surface area (TPSA) is 86.1 Å². The van der Waals surface area contributed by atoms with E-state index in [2.05, 4.69) is 30.8 Å². The van der Waals surface area contributed by atoms with Gasteiger partial charge in [-0.15, -0.1) is 10.2 Å². The van der Waals surface area contributed by atoms with Crippen LogP contribution in [0.4, 0.5) is 10.1 Å². The van der Waals surface area contributed by atoms with Gasteiger partial charge in [0.25, 0.3) is 10.0 Å². The Labute approximate surface area is 182 Å². The largest absolute Gasteiger partial charge is 0.495 e. The molecule has 0 aliphatic carbocycles. The van der Waals surface area contributed by atoms with Gasteiger partial charge in [0.2, 0.25) is 0 Å². The van der Waals surface area contributed by atoms with Gasteiger partial charge in [-0.25, -0.2) is 12.8 Å². The van der Waals surface area contributed by atoms with Crippen LogP contribution in [0.25, 0.3) is 11.4 Å². The Hall–Kier alpha value is -2.46. The molecule has 0 fully saturated rings. The minimum absolute atomic E-state index is 0.0263. The van der Waals surface area contributed by atoms with Crippen LogP contribution in [0, 0.1) is 5.82 Å². The minimum atomic E-state index is -3.97. The van der Waals surface area contributed by atoms with E-state index in [1.54, 1.807) is 12.1 Å². The maximum atomic E-state index is 14.6. The zero-order valence-corrected chi connectivity index (χ0v) is 18.6. The number of sulfonamides is 1. The number of aryl methyl sites for hydroxylation is 1. The second kappa shape index (κ2) is 8.35. The third-order valence-electron chi connectivity index (χ3n) is 4.98. The molecule has 2 aromatic carbocycles. The quantitative estimate of drug-likeness (QED) is 0.568. The summed E-state index contributed by atoms with van der Waals surface area (Å²) in [5.74, 6) is 0.950. The van der Waals surface area contributed by atoms with Gasteiger partial charge in [-0.3, -0.25) is 4.72 Å². The van der Waals surface area contributed by atoms with Gasteiger partial charge in [0.1, 0.15) is 22.3 Å². The highest BCUT2D eigenvalue weighted by atomic mass is 79.9. The second-order valence-corrected chi connectivity index (χ2v) is 9.56. The number of halogens is 2. The Kier molecular flexibility index (Phi) is 5.79. The van der Waals surface area contributed by atoms with E-state index in [1.807, 2.05) is 4.57 Å². The van der Waals surface area contributed by atoms with E-state index < -0.39 is 15.8 Å². The molecular formula is C20H20BrFN4O3S. The molecule has 0 bridgehead atoms. The van der Waals surface area contributed by atoms with Crippen LogP contribution >= 0.6 is 15.9 Å². The first-order valence-corrected chi connectivity index (χ1v) is 11.7. The Morgan fingerprint density at radius 3 is 2.77 bits per heavy atom. The van der Waals surface area contributed by atoms with Crippen molar-refractivity contribution in [3.8, 4) is 17.1 Å². The number of nitrogens with one attached hydrogen (secondary N) is 1. The normalized spacial score (nSPS) is 14.1. The Morgan fingerprint density at radius 2 is 1.97 bits per heavy atom. The van der Waals surface area contributed by atoms with Crippen LogP contribution in [-0.4, -0.2) is 30.3 Å². The van der Waals surface area contributed by atoms with Crippen molar-refractivity contribution in [3.05, 3.63) is 52.5 Å². The molecule has 0 unspecified atom stereocenters. The number of methoxy groups -OCH3 is 1. The summed E-state index contributed by atoms with van der Waals surface area (Å²) >= 11 is 3.28. The molecule has 30 heavy (non-hydrogen) atoms. The zero-order chi connectivity index (χ0) is 21.3. The molecule has 1 aromatic heterocycles. The molecule has 0 atom stereocenters. The molecule has 1 aliphatic rings. The lowest BCUT2D eigenvalue weighted by atomic mass is 10.1. The molecule has 1 N–H and O–H groups in total. The maximum absolute atomic E-state index is 14.6. The summed E-state index contributed by atoms with van der Waals surface area (Å²) in [6, 6.07) is 8.73. The molecule has 0 radical (unpaired) electrons. The lowest BCUT2D eigenvalue weighted by Gasteiger charge is -2.13. The van der Waals surface area contributed by atoms with E-state index >= 15 is 0 Å². The van der Waals surface area contributed by atoms with Gasteiger partial charge in [-0.1, -0.05) is 22.4 Å². The molecule has 0 saturated carbocycles. The van der Waals surface area contributed by atoms with Gasteiger partial charge >= 0.3 is 0 Å². The molecule has 158 valence electrons. The molecule has 0 spiro atoms. The van der Waals surface area contributed by atoms with Crippen molar-refractivity contribution in [2.24, 2.45) is 0 Å². The smallest absolute Gasteiger partial charge is 0.265 e. The van der Waals surface area contributed by atoms with Crippen LogP contribution in [0.15, 0.2) is 45.8 Å². The van der Waals surface area contributed by atoms with Crippen molar-refractivity contribution >= 4 is 31.6 Å². The van der Waals surface area contributed by atoms with Gasteiger partial charge in [-0.2, -0.15) is 0 Å². The third-order valence-corrected chi connectivity index (χ3v) is 6.88. The molecule has 1 aliphatic heterocycles. The van der Waals surface area contributed by atoms with Crippen molar-refractivity contribution < 1.29 is 17.5 Å². The van der Waals surface area contributed by atoms with E-state index in [-0.39, 0.29) is 21.9 Å². The van der Waals surface area contributed by atoms with E-state index in [0.717, 1.165) is 31.5 Å². The summed E-state index contributed by atoms with van der Waals surface area (Å²) in [7, 11) is -2.57. The van der Waals surface area contributed by atoms with Crippen LogP contribution in [-0.2, 0) is 23.0 Å². The highest BCUT2D eigenvalue weighted by Gasteiger charge is 2.23. The van der Waals surface area contributed by atoms with Gasteiger partial charge in [0.05, 0.1) is 12.7 Å². The maximum Gasteiger partial charge on any atom is 0.265 e. The number of ether oxygens (including phenoxy) is 1. The highest BCUT2D eigenvalue weighted by molar-refractivity contribution is 9.10. The van der Waals surface area contributed by atoms with E-state index in [0.29, 0.717) is 16.8 Å². The summed E-state index contributed by atoms with van der Waals surface area (Å²) in [4.78, 5) is -0.0263. The molecule has 3 aromatic rings. The molecule has 7 nitrogen and oxygen atoms in total. The van der Waals surface area contributed by atoms with Crippen molar-refractivity contribution in [1.82, 2.24) is 14.8 Å². The fourth-order valence-electron chi connectivity index (χ4n) is 3.52. The van der Waals surface area contributed by atoms with Gasteiger partial charge in [0.15, 0.2) is 5.82 Å². The summed E-state index contributed by atoms with van der Waals surface area (Å²) in [5.41, 5.74) is 0.427. The number of hydrogen-bond acceptors (Lipinski definition) is 5. The van der Waals surface area contributed by atoms with Gasteiger partial charge in [-0.05, 0) is 49.2 Å². The Balaban J connectivity index is 1.71. The zero-order valence-electron chi connectivity index (χ0n) is 16.2. The van der Waals surface area contributed by atoms with Crippen molar-refractivity contribution in [2.45, 2.75) is 37.1 Å². The highest BCUT2D eigenvalue weighted by Crippen LogP contribution is 2.31. The van der Waals surface area contributed by atoms with Crippen LogP contribution < -0.4 is 9.46 Å². The first-order chi connectivity index (χ1) is 14.4. The lowest BCUT2D eigenvalue weighted by molar-refractivity contribution is 0.403. The number of nitrogens with zero attached hydrogens (tertiary/aromatic N) is 3. The molecular weight excluding hydrogens is 475 g/mol. The molecule has 0 saturated heterocycles. The van der Waals surface area contributed by atoms with Crippen molar-refractivity contribution in [3.63, 3.8) is 0 Å². The lowest BCUT2D eigenvalue weighted by Crippen LogP contribution is -2.14. The van der Waals surface area contributed by atoms with Crippen LogP contribution in [0.3, 0.4) is 0 Å². The average molecular weight is 495 g/mol. The molecule has 10 heteroatoms. The SMILES string of the molecule is COc1ccc(Br)cc1S(=O)(=O)Nc1ccc(F)c(-c2nnc3n2CCCCC3)c1. The van der Waals surface area contributed by atoms with Crippen LogP contribution in [0.1, 0.15) is 25.1 Å². The summed E-state index contributed by atoms with van der Waals surface area (Å²) < 4.78 is 50.8. The number of rotatable bonds is 5. The fourth-order valence-corrected chi connectivity index (χ4v) is 5.27. The number of fused-ring (bicyclic) bond motifs is 1. The Bertz CT molecular complexity index is 1200. The van der Waals surface area contributed by atoms with Crippen LogP contribution in [0.5, 0.6) is 5.75 Å². The molecule has 2 heterocycles. The van der Waals surface area contributed by atoms with Crippen molar-refractivity contribution in [2.75, 3.05) is 11.8 Å². The predicted octanol–water partition coefficient (Wildman–Crippen LogP) is 4.38. The monoisotopic (exact) mass is 494 g/mol. The number of benzene rings is 2. The number of hydrogen-bond donors (Lipinski definition) is 1. The van der Waals surface area contributed by atoms with E-state index in [1.165, 1.54) is 31.4 Å². The van der Waals surface area contributed by atoms with Crippen molar-refractivity contribution in [1.29, 1.82) is 0 Å². The molecule has 4 rings (SSSR count). The fraction of sp³-hybridized carbons (Fsp3) is 0.300. The van der Waals surface area contributed by atoms with E-state index in [9.17, 15) is 12.8 Å². The number of anilines is 1. The minimum Gasteiger partial charge on any atom is -0.495 e. The summed E-state index contributed by atoms with van der Waals surface area (Å²) in [5, 5.41) is 8.38. The average Bonchev–Trinajstić information content (AvgIpc) is 2.97. The first kappa shape index (κ1) is 20.8. The predicted molar refractivity (Wildman–Crippen MR) is 114 cm³/mol. The number of aromatic nitrogens is 3. The van der Waals surface area contributed by atoms with Gasteiger partial charge < -0.3 is 9.30 Å². The second-order valence-electron chi connectivity index (χ2n) is 7.00. The standard InChI is InChI=1S/C20H20BrFN4O3S/c1-29-17-9-6-13(21)11-18(17)30(27,28)25-14-7-8-16(22)15(12-14)20-24-23-19-5-3-2-4-10-26(19)20/h6-9,11-12,25H,2-5,10H2,1H3. The van der Waals surface area contributed by atoms with Gasteiger partial charge in [0, 0.05) is 23.1 Å². The van der Waals surface area contributed by atoms with Crippen LogP contribution in [0.2, 0.25) is 0 Å². The molecule has 0 amide bonds. The first-order valence-electron chi connectivity index (χ1n) is 9.47. The summed E-state index contributed by atoms with van der Waals surface area (Å²) in [6.45, 7) is 0.711. The summed E-state index contributed by atoms with van der Waals surface area (Å²) in [6.07, 6.45) is 3.87. The van der Waals surface area contributed by atoms with E-state index in [4.69, 9.17) is 4.74 Å². The third kappa shape index (κ3) is 4.06.